The Balaban J connectivity index is 2.19. The summed E-state index contributed by atoms with van der Waals surface area (Å²) in [5.74, 6) is 0. The van der Waals surface area contributed by atoms with Crippen LogP contribution in [0, 0.1) is 11.3 Å². The highest BCUT2D eigenvalue weighted by molar-refractivity contribution is 7.89. The monoisotopic (exact) mass is 348 g/mol. The van der Waals surface area contributed by atoms with Gasteiger partial charge in [0, 0.05) is 6.92 Å². The second kappa shape index (κ2) is 6.47. The zero-order valence-corrected chi connectivity index (χ0v) is 13.3. The number of nitrogens with one attached hydrogen (secondary N) is 1. The summed E-state index contributed by atoms with van der Waals surface area (Å²) >= 11 is 0. The van der Waals surface area contributed by atoms with Crippen molar-refractivity contribution in [3.05, 3.63) is 29.8 Å². The first-order valence-electron chi connectivity index (χ1n) is 7.08. The van der Waals surface area contributed by atoms with E-state index in [2.05, 4.69) is 6.07 Å². The van der Waals surface area contributed by atoms with E-state index in [1.165, 1.54) is 10.4 Å². The highest BCUT2D eigenvalue weighted by Crippen LogP contribution is 2.31. The molecule has 0 unspecified atom stereocenters. The molecule has 0 spiro atoms. The Morgan fingerprint density at radius 3 is 2.43 bits per heavy atom. The van der Waals surface area contributed by atoms with Gasteiger partial charge >= 0.3 is 6.18 Å². The minimum absolute atomic E-state index is 0.180. The third kappa shape index (κ3) is 3.83. The fourth-order valence-corrected chi connectivity index (χ4v) is 4.01. The normalized spacial score (nSPS) is 19.3. The number of halogens is 3. The van der Waals surface area contributed by atoms with Gasteiger partial charge in [-0.1, -0.05) is 6.07 Å². The molecule has 126 valence electrons. The molecule has 1 aliphatic heterocycles. The number of nitrogens with zero attached hydrogens (tertiary/aromatic N) is 2. The van der Waals surface area contributed by atoms with E-state index in [1.807, 2.05) is 0 Å². The van der Waals surface area contributed by atoms with Crippen molar-refractivity contribution in [3.63, 3.8) is 0 Å². The number of sulfonamides is 1. The predicted molar refractivity (Wildman–Crippen MR) is 76.0 cm³/mol. The van der Waals surface area contributed by atoms with E-state index in [9.17, 15) is 21.6 Å². The Hall–Kier alpha value is -1.63. The third-order valence-electron chi connectivity index (χ3n) is 3.97. The molecule has 1 aromatic rings. The molecule has 1 saturated heterocycles. The van der Waals surface area contributed by atoms with Crippen LogP contribution >= 0.6 is 0 Å². The average molecular weight is 348 g/mol. The molecule has 0 radical (unpaired) electrons. The molecule has 5 nitrogen and oxygen atoms in total. The van der Waals surface area contributed by atoms with Crippen LogP contribution in [-0.2, 0) is 16.2 Å². The second-order valence-electron chi connectivity index (χ2n) is 5.44. The lowest BCUT2D eigenvalue weighted by Gasteiger charge is -2.32. The first-order chi connectivity index (χ1) is 10.7. The lowest BCUT2D eigenvalue weighted by Crippen LogP contribution is -3.17. The Kier molecular flexibility index (Phi) is 4.98. The number of hydrogen-bond donors (Lipinski definition) is 1. The maximum atomic E-state index is 12.7. The van der Waals surface area contributed by atoms with Crippen LogP contribution < -0.4 is 4.90 Å². The van der Waals surface area contributed by atoms with Crippen molar-refractivity contribution >= 4 is 10.0 Å². The fraction of sp³-hybridized carbons (Fsp3) is 0.500. The molecule has 23 heavy (non-hydrogen) atoms. The minimum atomic E-state index is -4.59. The van der Waals surface area contributed by atoms with Crippen LogP contribution in [0.4, 0.5) is 13.2 Å². The lowest BCUT2D eigenvalue weighted by molar-refractivity contribution is -0.918. The van der Waals surface area contributed by atoms with Gasteiger partial charge < -0.3 is 4.90 Å². The smallest absolute Gasteiger partial charge is 0.319 e. The largest absolute Gasteiger partial charge is 0.416 e. The molecule has 9 heteroatoms. The van der Waals surface area contributed by atoms with Crippen LogP contribution in [0.5, 0.6) is 0 Å². The van der Waals surface area contributed by atoms with Crippen molar-refractivity contribution < 1.29 is 26.5 Å². The van der Waals surface area contributed by atoms with Crippen LogP contribution in [-0.4, -0.2) is 44.9 Å². The van der Waals surface area contributed by atoms with E-state index in [0.29, 0.717) is 19.2 Å². The Morgan fingerprint density at radius 2 is 1.91 bits per heavy atom. The average Bonchev–Trinajstić information content (AvgIpc) is 2.53. The van der Waals surface area contributed by atoms with Crippen LogP contribution in [0.15, 0.2) is 29.2 Å². The summed E-state index contributed by atoms with van der Waals surface area (Å²) in [5.41, 5.74) is -0.985. The van der Waals surface area contributed by atoms with Crippen LogP contribution in [0.25, 0.3) is 0 Å². The van der Waals surface area contributed by atoms with Crippen LogP contribution in [0.3, 0.4) is 0 Å². The van der Waals surface area contributed by atoms with E-state index >= 15 is 0 Å². The molecule has 1 aromatic carbocycles. The van der Waals surface area contributed by atoms with Crippen LogP contribution in [0.2, 0.25) is 0 Å². The van der Waals surface area contributed by atoms with Gasteiger partial charge in [-0.15, -0.1) is 0 Å². The number of nitriles is 1. The van der Waals surface area contributed by atoms with Crippen molar-refractivity contribution in [1.82, 2.24) is 4.31 Å². The molecule has 1 atom stereocenters. The zero-order valence-electron chi connectivity index (χ0n) is 12.5. The van der Waals surface area contributed by atoms with E-state index < -0.39 is 21.8 Å². The molecule has 0 amide bonds. The van der Waals surface area contributed by atoms with Gasteiger partial charge in [-0.2, -0.15) is 22.7 Å². The van der Waals surface area contributed by atoms with Gasteiger partial charge in [-0.25, -0.2) is 8.42 Å². The highest BCUT2D eigenvalue weighted by atomic mass is 32.2. The molecular formula is C14H17F3N3O2S+. The number of rotatable bonds is 3. The topological polar surface area (TPSA) is 65.6 Å². The first kappa shape index (κ1) is 17.7. The summed E-state index contributed by atoms with van der Waals surface area (Å²) in [4.78, 5) is 0.618. The standard InChI is InChI=1S/C14H16F3N3O2S/c1-11(10-18)19-5-7-20(8-6-19)23(21,22)13-4-2-3-12(9-13)14(15,16)17/h2-4,9,11H,5-8H2,1H3/p+1/t11-/m0/s1. The van der Waals surface area contributed by atoms with Crippen molar-refractivity contribution in [2.24, 2.45) is 0 Å². The molecule has 1 heterocycles. The minimum Gasteiger partial charge on any atom is -0.319 e. The van der Waals surface area contributed by atoms with E-state index in [1.54, 1.807) is 6.92 Å². The maximum absolute atomic E-state index is 12.7. The van der Waals surface area contributed by atoms with Crippen molar-refractivity contribution in [2.45, 2.75) is 24.0 Å². The first-order valence-corrected chi connectivity index (χ1v) is 8.52. The quantitative estimate of drug-likeness (QED) is 0.866. The molecule has 1 N–H and O–H groups in total. The Labute approximate surface area is 133 Å². The maximum Gasteiger partial charge on any atom is 0.416 e. The SMILES string of the molecule is C[C@@H](C#N)[NH+]1CCN(S(=O)(=O)c2cccc(C(F)(F)F)c2)CC1. The molecule has 0 aliphatic carbocycles. The Morgan fingerprint density at radius 1 is 1.30 bits per heavy atom. The van der Waals surface area contributed by atoms with Gasteiger partial charge in [0.15, 0.2) is 6.04 Å². The number of quaternary nitrogens is 1. The summed E-state index contributed by atoms with van der Waals surface area (Å²) in [6, 6.07) is 5.63. The van der Waals surface area contributed by atoms with Crippen molar-refractivity contribution in [3.8, 4) is 6.07 Å². The Bertz CT molecular complexity index is 705. The van der Waals surface area contributed by atoms with Gasteiger partial charge in [0.2, 0.25) is 10.0 Å². The zero-order chi connectivity index (χ0) is 17.3. The summed E-state index contributed by atoms with van der Waals surface area (Å²) < 4.78 is 64.4. The molecule has 2 rings (SSSR count). The molecule has 0 aromatic heterocycles. The summed E-state index contributed by atoms with van der Waals surface area (Å²) in [7, 11) is -3.96. The second-order valence-corrected chi connectivity index (χ2v) is 7.38. The molecule has 0 bridgehead atoms. The van der Waals surface area contributed by atoms with Gasteiger partial charge in [0.05, 0.1) is 36.6 Å². The summed E-state index contributed by atoms with van der Waals surface area (Å²) in [6.45, 7) is 3.02. The number of benzene rings is 1. The van der Waals surface area contributed by atoms with Gasteiger partial charge in [-0.05, 0) is 18.2 Å². The highest BCUT2D eigenvalue weighted by Gasteiger charge is 2.35. The summed E-state index contributed by atoms with van der Waals surface area (Å²) in [6.07, 6.45) is -4.59. The van der Waals surface area contributed by atoms with E-state index in [0.717, 1.165) is 17.0 Å². The molecular weight excluding hydrogens is 331 g/mol. The molecule has 1 fully saturated rings. The third-order valence-corrected chi connectivity index (χ3v) is 5.86. The number of alkyl halides is 3. The number of piperazine rings is 1. The predicted octanol–water partition coefficient (Wildman–Crippen LogP) is 0.507. The van der Waals surface area contributed by atoms with Crippen molar-refractivity contribution in [2.75, 3.05) is 26.2 Å². The van der Waals surface area contributed by atoms with Crippen LogP contribution in [0.1, 0.15) is 12.5 Å². The van der Waals surface area contributed by atoms with Gasteiger partial charge in [0.25, 0.3) is 0 Å². The molecule has 1 aliphatic rings. The van der Waals surface area contributed by atoms with E-state index in [4.69, 9.17) is 5.26 Å². The molecule has 0 saturated carbocycles. The lowest BCUT2D eigenvalue weighted by atomic mass is 10.2. The van der Waals surface area contributed by atoms with E-state index in [-0.39, 0.29) is 24.0 Å². The fourth-order valence-electron chi connectivity index (χ4n) is 2.52. The number of hydrogen-bond acceptors (Lipinski definition) is 3. The van der Waals surface area contributed by atoms with Gasteiger partial charge in [0.1, 0.15) is 6.07 Å². The summed E-state index contributed by atoms with van der Waals surface area (Å²) in [5, 5.41) is 8.89. The van der Waals surface area contributed by atoms with Gasteiger partial charge in [-0.3, -0.25) is 0 Å². The van der Waals surface area contributed by atoms with Crippen molar-refractivity contribution in [1.29, 1.82) is 5.26 Å².